The fourth-order valence-corrected chi connectivity index (χ4v) is 2.57. The molecule has 1 amide bonds. The van der Waals surface area contributed by atoms with E-state index in [2.05, 4.69) is 0 Å². The molecule has 2 saturated heterocycles. The summed E-state index contributed by atoms with van der Waals surface area (Å²) in [5, 5.41) is 9.52. The second-order valence-electron chi connectivity index (χ2n) is 5.37. The normalized spacial score (nSPS) is 31.5. The van der Waals surface area contributed by atoms with Gasteiger partial charge in [-0.1, -0.05) is 0 Å². The molecular weight excluding hydrogens is 263 g/mol. The van der Waals surface area contributed by atoms with Crippen molar-refractivity contribution in [1.82, 2.24) is 4.90 Å². The van der Waals surface area contributed by atoms with Crippen LogP contribution in [0.4, 0.5) is 13.2 Å². The highest BCUT2D eigenvalue weighted by atomic mass is 19.4. The minimum Gasteiger partial charge on any atom is -0.380 e. The van der Waals surface area contributed by atoms with Gasteiger partial charge in [0.05, 0.1) is 6.10 Å². The van der Waals surface area contributed by atoms with E-state index in [4.69, 9.17) is 4.74 Å². The highest BCUT2D eigenvalue weighted by molar-refractivity contribution is 5.81. The maximum absolute atomic E-state index is 12.6. The van der Waals surface area contributed by atoms with Crippen LogP contribution >= 0.6 is 0 Å². The van der Waals surface area contributed by atoms with Crippen molar-refractivity contribution in [3.8, 4) is 0 Å². The van der Waals surface area contributed by atoms with Gasteiger partial charge in [0.1, 0.15) is 6.10 Å². The van der Waals surface area contributed by atoms with Crippen molar-refractivity contribution < 1.29 is 27.8 Å². The van der Waals surface area contributed by atoms with Crippen LogP contribution in [0.5, 0.6) is 0 Å². The average molecular weight is 281 g/mol. The van der Waals surface area contributed by atoms with E-state index < -0.39 is 30.7 Å². The van der Waals surface area contributed by atoms with E-state index in [1.807, 2.05) is 6.92 Å². The molecule has 2 aliphatic rings. The Bertz CT molecular complexity index is 351. The summed E-state index contributed by atoms with van der Waals surface area (Å²) in [6, 6.07) is 0. The molecular formula is C12H18F3NO3. The number of amides is 1. The second-order valence-corrected chi connectivity index (χ2v) is 5.37. The van der Waals surface area contributed by atoms with Crippen LogP contribution in [0, 0.1) is 0 Å². The molecule has 0 aromatic rings. The quantitative estimate of drug-likeness (QED) is 0.792. The lowest BCUT2D eigenvalue weighted by molar-refractivity contribution is -0.272. The minimum atomic E-state index is -4.64. The molecule has 0 radical (unpaired) electrons. The van der Waals surface area contributed by atoms with Crippen LogP contribution in [-0.2, 0) is 9.53 Å². The fraction of sp³-hybridized carbons (Fsp3) is 0.917. The van der Waals surface area contributed by atoms with Gasteiger partial charge in [-0.2, -0.15) is 13.2 Å². The zero-order valence-electron chi connectivity index (χ0n) is 10.7. The van der Waals surface area contributed by atoms with Crippen molar-refractivity contribution in [2.75, 3.05) is 13.1 Å². The molecule has 2 aliphatic heterocycles. The molecule has 2 atom stereocenters. The molecule has 0 saturated carbocycles. The van der Waals surface area contributed by atoms with Crippen LogP contribution in [0.2, 0.25) is 0 Å². The zero-order valence-corrected chi connectivity index (χ0v) is 10.7. The third-order valence-corrected chi connectivity index (χ3v) is 3.94. The van der Waals surface area contributed by atoms with Crippen molar-refractivity contribution in [2.45, 2.75) is 56.6 Å². The molecule has 19 heavy (non-hydrogen) atoms. The molecule has 2 fully saturated rings. The molecule has 1 N–H and O–H groups in total. The lowest BCUT2D eigenvalue weighted by atomic mass is 9.90. The third-order valence-electron chi connectivity index (χ3n) is 3.94. The summed E-state index contributed by atoms with van der Waals surface area (Å²) >= 11 is 0. The van der Waals surface area contributed by atoms with Crippen molar-refractivity contribution >= 4 is 5.91 Å². The predicted molar refractivity (Wildman–Crippen MR) is 60.4 cm³/mol. The number of aliphatic hydroxyl groups is 1. The highest BCUT2D eigenvalue weighted by Gasteiger charge is 2.55. The van der Waals surface area contributed by atoms with Crippen LogP contribution in [-0.4, -0.2) is 53.0 Å². The van der Waals surface area contributed by atoms with Gasteiger partial charge in [0.2, 0.25) is 0 Å². The van der Waals surface area contributed by atoms with Crippen LogP contribution in [0.3, 0.4) is 0 Å². The molecule has 0 aromatic carbocycles. The summed E-state index contributed by atoms with van der Waals surface area (Å²) < 4.78 is 43.3. The summed E-state index contributed by atoms with van der Waals surface area (Å²) in [5.74, 6) is -0.256. The lowest BCUT2D eigenvalue weighted by Gasteiger charge is -2.39. The summed E-state index contributed by atoms with van der Waals surface area (Å²) in [7, 11) is 0. The first-order valence-corrected chi connectivity index (χ1v) is 6.46. The van der Waals surface area contributed by atoms with Crippen molar-refractivity contribution in [1.29, 1.82) is 0 Å². The monoisotopic (exact) mass is 281 g/mol. The Morgan fingerprint density at radius 1 is 1.32 bits per heavy atom. The van der Waals surface area contributed by atoms with E-state index in [0.717, 1.165) is 6.42 Å². The van der Waals surface area contributed by atoms with Gasteiger partial charge in [-0.3, -0.25) is 4.79 Å². The molecule has 110 valence electrons. The molecule has 0 aromatic heterocycles. The van der Waals surface area contributed by atoms with Crippen LogP contribution < -0.4 is 0 Å². The van der Waals surface area contributed by atoms with Crippen LogP contribution in [0.15, 0.2) is 0 Å². The number of hydrogen-bond donors (Lipinski definition) is 1. The van der Waals surface area contributed by atoms with E-state index in [0.29, 0.717) is 6.42 Å². The molecule has 7 heteroatoms. The number of carbonyl (C=O) groups is 1. The van der Waals surface area contributed by atoms with Crippen LogP contribution in [0.1, 0.15) is 32.6 Å². The minimum absolute atomic E-state index is 0.0193. The van der Waals surface area contributed by atoms with E-state index in [1.54, 1.807) is 0 Å². The Morgan fingerprint density at radius 2 is 1.89 bits per heavy atom. The summed E-state index contributed by atoms with van der Waals surface area (Å²) in [6.07, 6.45) is -4.69. The Labute approximate surface area is 109 Å². The lowest BCUT2D eigenvalue weighted by Crippen LogP contribution is -2.55. The predicted octanol–water partition coefficient (Wildman–Crippen LogP) is 1.47. The molecule has 2 rings (SSSR count). The number of piperidine rings is 1. The van der Waals surface area contributed by atoms with Crippen LogP contribution in [0.25, 0.3) is 0 Å². The topological polar surface area (TPSA) is 49.8 Å². The number of halogens is 3. The Morgan fingerprint density at radius 3 is 2.32 bits per heavy atom. The Kier molecular flexibility index (Phi) is 3.79. The first-order valence-electron chi connectivity index (χ1n) is 6.46. The third kappa shape index (κ3) is 2.86. The maximum atomic E-state index is 12.6. The number of ether oxygens (including phenoxy) is 1. The van der Waals surface area contributed by atoms with Gasteiger partial charge in [-0.05, 0) is 19.8 Å². The van der Waals surface area contributed by atoms with E-state index in [9.17, 15) is 23.1 Å². The number of hydrogen-bond acceptors (Lipinski definition) is 3. The SMILES string of the molecule is CC1CCC(C(=O)N2CCC(O)(C(F)(F)F)CC2)O1. The van der Waals surface area contributed by atoms with Gasteiger partial charge in [-0.25, -0.2) is 0 Å². The number of carbonyl (C=O) groups excluding carboxylic acids is 1. The van der Waals surface area contributed by atoms with Gasteiger partial charge < -0.3 is 14.7 Å². The highest BCUT2D eigenvalue weighted by Crippen LogP contribution is 2.38. The summed E-state index contributed by atoms with van der Waals surface area (Å²) in [4.78, 5) is 13.4. The number of alkyl halides is 3. The second kappa shape index (κ2) is 4.94. The van der Waals surface area contributed by atoms with Gasteiger partial charge in [0.25, 0.3) is 5.91 Å². The van der Waals surface area contributed by atoms with Gasteiger partial charge in [-0.15, -0.1) is 0 Å². The first kappa shape index (κ1) is 14.6. The van der Waals surface area contributed by atoms with E-state index >= 15 is 0 Å². The number of likely N-dealkylation sites (tertiary alicyclic amines) is 1. The van der Waals surface area contributed by atoms with Crippen molar-refractivity contribution in [3.05, 3.63) is 0 Å². The van der Waals surface area contributed by atoms with Gasteiger partial charge >= 0.3 is 6.18 Å². The maximum Gasteiger partial charge on any atom is 0.417 e. The average Bonchev–Trinajstić information content (AvgIpc) is 2.74. The fourth-order valence-electron chi connectivity index (χ4n) is 2.57. The van der Waals surface area contributed by atoms with E-state index in [1.165, 1.54) is 4.90 Å². The number of nitrogens with zero attached hydrogens (tertiary/aromatic N) is 1. The van der Waals surface area contributed by atoms with Crippen molar-refractivity contribution in [3.63, 3.8) is 0 Å². The van der Waals surface area contributed by atoms with Gasteiger partial charge in [0, 0.05) is 25.9 Å². The Hall–Kier alpha value is -0.820. The molecule has 4 nitrogen and oxygen atoms in total. The largest absolute Gasteiger partial charge is 0.417 e. The van der Waals surface area contributed by atoms with Gasteiger partial charge in [0.15, 0.2) is 5.60 Å². The molecule has 2 unspecified atom stereocenters. The summed E-state index contributed by atoms with van der Waals surface area (Å²) in [6.45, 7) is 1.71. The molecule has 0 aliphatic carbocycles. The first-order chi connectivity index (χ1) is 8.73. The molecule has 2 heterocycles. The van der Waals surface area contributed by atoms with Crippen molar-refractivity contribution in [2.24, 2.45) is 0 Å². The standard InChI is InChI=1S/C12H18F3NO3/c1-8-2-3-9(19-8)10(17)16-6-4-11(18,5-7-16)12(13,14)15/h8-9,18H,2-7H2,1H3. The smallest absolute Gasteiger partial charge is 0.380 e. The zero-order chi connectivity index (χ0) is 14.3. The number of rotatable bonds is 1. The molecule has 0 bridgehead atoms. The summed E-state index contributed by atoms with van der Waals surface area (Å²) in [5.41, 5.74) is -2.66. The molecule has 0 spiro atoms. The van der Waals surface area contributed by atoms with E-state index in [-0.39, 0.29) is 25.1 Å². The Balaban J connectivity index is 1.91.